The summed E-state index contributed by atoms with van der Waals surface area (Å²) in [6.45, 7) is 18.3. The van der Waals surface area contributed by atoms with Crippen LogP contribution in [0.25, 0.3) is 33.7 Å². The molecule has 18 rings (SSSR count). The number of benzene rings is 3. The van der Waals surface area contributed by atoms with E-state index >= 15 is 0 Å². The number of hydrogen-bond acceptors (Lipinski definition) is 26. The summed E-state index contributed by atoms with van der Waals surface area (Å²) >= 11 is 0. The second-order valence-electron chi connectivity index (χ2n) is 32.4. The summed E-state index contributed by atoms with van der Waals surface area (Å²) in [6, 6.07) is 37.8. The largest absolute Gasteiger partial charge is 0.482 e. The van der Waals surface area contributed by atoms with Crippen LogP contribution < -0.4 is 46.6 Å². The van der Waals surface area contributed by atoms with E-state index in [4.69, 9.17) is 49.3 Å². The van der Waals surface area contributed by atoms with E-state index in [-0.39, 0.29) is 48.3 Å². The molecule has 30 heteroatoms. The van der Waals surface area contributed by atoms with Gasteiger partial charge in [-0.1, -0.05) is 48.6 Å². The lowest BCUT2D eigenvalue weighted by Gasteiger charge is -2.39. The van der Waals surface area contributed by atoms with Crippen LogP contribution in [0.15, 0.2) is 169 Å². The quantitative estimate of drug-likeness (QED) is 0.0191. The van der Waals surface area contributed by atoms with Gasteiger partial charge in [0.1, 0.15) is 35.2 Å². The van der Waals surface area contributed by atoms with Gasteiger partial charge >= 0.3 is 0 Å². The summed E-state index contributed by atoms with van der Waals surface area (Å²) in [5, 5.41) is 46.6. The number of aliphatic hydroxyl groups excluding tert-OH is 2. The molecule has 3 aromatic carbocycles. The molecule has 11 aromatic rings. The molecule has 7 aliphatic rings. The number of nitrogens with zero attached hydrogens (tertiary/aromatic N) is 21. The summed E-state index contributed by atoms with van der Waals surface area (Å²) in [7, 11) is 6.47. The minimum Gasteiger partial charge on any atom is -0.482 e. The molecule has 30 nitrogen and oxygen atoms in total. The molecule has 4 unspecified atom stereocenters. The summed E-state index contributed by atoms with van der Waals surface area (Å²) in [5.74, 6) is 4.09. The number of aliphatic hydroxyl groups is 2. The van der Waals surface area contributed by atoms with Crippen molar-refractivity contribution in [1.29, 1.82) is 5.26 Å². The van der Waals surface area contributed by atoms with Gasteiger partial charge in [-0.05, 0) is 206 Å². The first-order valence-corrected chi connectivity index (χ1v) is 41.6. The number of piperidine rings is 1. The Morgan fingerprint density at radius 2 is 1.11 bits per heavy atom. The van der Waals surface area contributed by atoms with Crippen molar-refractivity contribution in [3.05, 3.63) is 225 Å². The fourth-order valence-electron chi connectivity index (χ4n) is 18.3. The summed E-state index contributed by atoms with van der Waals surface area (Å²) in [4.78, 5) is 85.4. The number of anilines is 10. The predicted octanol–water partition coefficient (Wildman–Crippen LogP) is 12.2. The number of hydrazine groups is 1. The molecular formula is C89H100N24O6. The Labute approximate surface area is 690 Å². The summed E-state index contributed by atoms with van der Waals surface area (Å²) < 4.78 is 21.0. The topological polar surface area (TPSA) is 311 Å². The van der Waals surface area contributed by atoms with Crippen LogP contribution in [-0.4, -0.2) is 186 Å². The number of hydrogen-bond donors (Lipinski definition) is 5. The van der Waals surface area contributed by atoms with Gasteiger partial charge in [0.05, 0.1) is 66.2 Å². The number of nitrogens with one attached hydrogen (secondary N) is 3. The number of aryl methyl sites for hydroxylation is 3. The molecule has 3 aliphatic heterocycles. The molecule has 0 bridgehead atoms. The number of fused-ring (bicyclic) bond motifs is 6. The molecule has 4 aliphatic carbocycles. The normalized spacial score (nSPS) is 20.2. The van der Waals surface area contributed by atoms with E-state index in [0.717, 1.165) is 116 Å². The Balaban J connectivity index is 0.624. The number of rotatable bonds is 26. The SMILES string of the molecule is C=CCN1C(OCN(C)C2CCN(c3ccc(Nc4ncc5c(=O)n(CC=C)n(-c6ccc7c(n6)C(O)CCC7)c5n4)c(OC4CCCc5ccc(-n6c7nc(Nc8ccc(N9CCN(CC#N)CC9)cc8)ncc7c(=O)n6CC=C)nc54)c3)CC2)c2cnc(Nc3ccc(C4CCC(N(C)C)CC4)cc3)nc2N1c1ccc2c(n1)C(O)CC2. The van der Waals surface area contributed by atoms with E-state index in [9.17, 15) is 25.1 Å². The van der Waals surface area contributed by atoms with Gasteiger partial charge in [0.15, 0.2) is 35.0 Å². The monoisotopic (exact) mass is 1600 g/mol. The fraction of sp³-hybridized carbons (Fsp3) is 0.393. The second-order valence-corrected chi connectivity index (χ2v) is 32.4. The number of piperazine rings is 1. The van der Waals surface area contributed by atoms with Crippen LogP contribution in [0.1, 0.15) is 146 Å². The third kappa shape index (κ3) is 15.6. The second kappa shape index (κ2) is 33.7. The number of nitriles is 1. The van der Waals surface area contributed by atoms with Gasteiger partial charge in [0.2, 0.25) is 17.8 Å². The van der Waals surface area contributed by atoms with E-state index in [1.165, 1.54) is 42.1 Å². The molecule has 3 fully saturated rings. The smallest absolute Gasteiger partial charge is 0.278 e. The highest BCUT2D eigenvalue weighted by Crippen LogP contribution is 2.47. The first kappa shape index (κ1) is 78.1. The summed E-state index contributed by atoms with van der Waals surface area (Å²) in [5.41, 5.74) is 11.4. The lowest BCUT2D eigenvalue weighted by Crippen LogP contribution is -2.46. The molecule has 1 saturated carbocycles. The standard InChI is InChI=1S/C89H100N24O6/c1-7-41-108-85(117)68-53-92-89(101-82(68)111(108)75-35-21-58-12-10-14-71(114)78(58)97-75)96-70-33-32-66(51-74(70)119-73-15-11-13-59-22-36-77(99-80(59)73)112-81-67(84(116)109(112)42-8-2)52-91-87(100-81)95-62-26-30-65(31-27-62)107-49-47-105(46-40-90)48-50-107)106-44-38-64(39-45-106)104(6)55-118-86-69-54-93-88(94-61-24-16-56(17-25-61)57-18-28-63(29-19-57)103(4)5)102-83(69)113(110(86)43-9-3)76-37-23-60-20-34-72(115)79(60)98-76/h7-9,16-17,21-27,30-33,35-37,51-54,57,63-64,71-73,86,114-115H,1-3,10-15,18-20,28-29,34,38-39,41-50,55H2,4-6H3,(H,91,95,100)(H,92,96,101)(H,93,94,102). The lowest BCUT2D eigenvalue weighted by atomic mass is 9.81. The van der Waals surface area contributed by atoms with Crippen molar-refractivity contribution >= 4 is 80.0 Å². The van der Waals surface area contributed by atoms with E-state index in [1.807, 2.05) is 59.7 Å². The maximum Gasteiger partial charge on any atom is 0.278 e. The van der Waals surface area contributed by atoms with Crippen molar-refractivity contribution < 1.29 is 19.7 Å². The highest BCUT2D eigenvalue weighted by Gasteiger charge is 2.42. The Bertz CT molecular complexity index is 5790. The first-order valence-electron chi connectivity index (χ1n) is 41.6. The molecule has 119 heavy (non-hydrogen) atoms. The Hall–Kier alpha value is -12.1. The lowest BCUT2D eigenvalue weighted by molar-refractivity contribution is -0.0957. The van der Waals surface area contributed by atoms with Gasteiger partial charge in [0, 0.05) is 105 Å². The maximum atomic E-state index is 14.5. The Morgan fingerprint density at radius 1 is 0.555 bits per heavy atom. The molecule has 0 amide bonds. The van der Waals surface area contributed by atoms with Crippen molar-refractivity contribution in [2.45, 2.75) is 146 Å². The Kier molecular flexibility index (Phi) is 22.1. The van der Waals surface area contributed by atoms with Gasteiger partial charge in [-0.3, -0.25) is 19.4 Å². The van der Waals surface area contributed by atoms with Crippen molar-refractivity contribution in [3.63, 3.8) is 0 Å². The zero-order chi connectivity index (χ0) is 81.5. The zero-order valence-corrected chi connectivity index (χ0v) is 67.5. The van der Waals surface area contributed by atoms with Crippen LogP contribution in [0.2, 0.25) is 0 Å². The molecule has 4 atom stereocenters. The van der Waals surface area contributed by atoms with Gasteiger partial charge in [-0.25, -0.2) is 53.6 Å². The molecular weight excluding hydrogens is 1500 g/mol. The zero-order valence-electron chi connectivity index (χ0n) is 67.5. The number of pyridine rings is 3. The van der Waals surface area contributed by atoms with Gasteiger partial charge in [-0.2, -0.15) is 25.2 Å². The highest BCUT2D eigenvalue weighted by molar-refractivity contribution is 5.79. The van der Waals surface area contributed by atoms with Crippen LogP contribution >= 0.6 is 0 Å². The summed E-state index contributed by atoms with van der Waals surface area (Å²) in [6.07, 6.45) is 19.6. The van der Waals surface area contributed by atoms with Crippen LogP contribution in [-0.2, 0) is 37.1 Å². The number of aromatic nitrogens is 13. The molecule has 5 N–H and O–H groups in total. The average Bonchev–Trinajstić information content (AvgIpc) is 1.61. The van der Waals surface area contributed by atoms with E-state index in [0.29, 0.717) is 138 Å². The van der Waals surface area contributed by atoms with Gasteiger partial charge < -0.3 is 50.3 Å². The maximum absolute atomic E-state index is 14.5. The van der Waals surface area contributed by atoms with Crippen LogP contribution in [0.5, 0.6) is 5.75 Å². The molecule has 8 aromatic heterocycles. The van der Waals surface area contributed by atoms with Crippen molar-refractivity contribution in [2.24, 2.45) is 0 Å². The fourth-order valence-corrected chi connectivity index (χ4v) is 18.3. The number of ether oxygens (including phenoxy) is 2. The van der Waals surface area contributed by atoms with Crippen molar-refractivity contribution in [3.8, 4) is 23.5 Å². The van der Waals surface area contributed by atoms with Crippen LogP contribution in [0, 0.1) is 11.3 Å². The van der Waals surface area contributed by atoms with E-state index < -0.39 is 24.5 Å². The first-order chi connectivity index (χ1) is 58.1. The van der Waals surface area contributed by atoms with E-state index in [2.05, 4.69) is 158 Å². The van der Waals surface area contributed by atoms with Crippen LogP contribution in [0.3, 0.4) is 0 Å². The third-order valence-corrected chi connectivity index (χ3v) is 24.8. The minimum absolute atomic E-state index is 0.142. The molecule has 0 radical (unpaired) electrons. The molecule has 11 heterocycles. The number of allylic oxidation sites excluding steroid dienone is 2. The van der Waals surface area contributed by atoms with Crippen molar-refractivity contribution in [2.75, 3.05) is 111 Å². The highest BCUT2D eigenvalue weighted by atomic mass is 16.5. The predicted molar refractivity (Wildman–Crippen MR) is 459 cm³/mol. The molecule has 2 saturated heterocycles. The van der Waals surface area contributed by atoms with Crippen molar-refractivity contribution in [1.82, 2.24) is 83.3 Å². The van der Waals surface area contributed by atoms with Gasteiger partial charge in [-0.15, -0.1) is 19.7 Å². The average molecular weight is 1600 g/mol. The molecule has 0 spiro atoms. The van der Waals surface area contributed by atoms with Gasteiger partial charge in [0.25, 0.3) is 11.1 Å². The third-order valence-electron chi connectivity index (χ3n) is 24.8. The van der Waals surface area contributed by atoms with E-state index in [1.54, 1.807) is 32.4 Å². The minimum atomic E-state index is -0.739. The molecule has 612 valence electrons. The Morgan fingerprint density at radius 3 is 1.75 bits per heavy atom. The van der Waals surface area contributed by atoms with Crippen LogP contribution in [0.4, 0.5) is 57.9 Å².